The third kappa shape index (κ3) is 4.05. The third-order valence-corrected chi connectivity index (χ3v) is 7.71. The monoisotopic (exact) mass is 492 g/mol. The highest BCUT2D eigenvalue weighted by Gasteiger charge is 2.56. The molecular formula is C24H31F3N6O2+2. The van der Waals surface area contributed by atoms with Crippen LogP contribution in [0.5, 0.6) is 0 Å². The molecule has 1 saturated carbocycles. The van der Waals surface area contributed by atoms with Crippen molar-refractivity contribution in [2.75, 3.05) is 44.6 Å². The minimum absolute atomic E-state index is 0.0503. The summed E-state index contributed by atoms with van der Waals surface area (Å²) in [5.41, 5.74) is 0.288. The van der Waals surface area contributed by atoms with Crippen LogP contribution in [0.1, 0.15) is 32.1 Å². The fraction of sp³-hybridized carbons (Fsp3) is 0.542. The van der Waals surface area contributed by atoms with Crippen LogP contribution in [-0.2, 0) is 4.74 Å². The average Bonchev–Trinajstić information content (AvgIpc) is 3.44. The van der Waals surface area contributed by atoms with Gasteiger partial charge in [0.1, 0.15) is 11.9 Å². The van der Waals surface area contributed by atoms with Crippen LogP contribution in [-0.4, -0.2) is 78.2 Å². The van der Waals surface area contributed by atoms with Gasteiger partial charge in [0.15, 0.2) is 11.6 Å². The number of aliphatic hydroxyl groups is 1. The minimum Gasteiger partial charge on any atom is -0.393 e. The Labute approximate surface area is 202 Å². The van der Waals surface area contributed by atoms with Gasteiger partial charge < -0.3 is 14.7 Å². The quantitative estimate of drug-likeness (QED) is 0.505. The second-order valence-corrected chi connectivity index (χ2v) is 9.80. The number of guanidine groups is 1. The van der Waals surface area contributed by atoms with Crippen molar-refractivity contribution in [3.05, 3.63) is 35.8 Å². The number of ether oxygens (including phenoxy) is 1. The summed E-state index contributed by atoms with van der Waals surface area (Å²) in [5.74, 6) is -1.27. The van der Waals surface area contributed by atoms with E-state index in [4.69, 9.17) is 9.72 Å². The van der Waals surface area contributed by atoms with Crippen LogP contribution < -0.4 is 14.7 Å². The van der Waals surface area contributed by atoms with Gasteiger partial charge in [0.2, 0.25) is 17.3 Å². The molecule has 0 radical (unpaired) electrons. The molecule has 2 aliphatic heterocycles. The van der Waals surface area contributed by atoms with Gasteiger partial charge in [-0.25, -0.2) is 18.2 Å². The van der Waals surface area contributed by atoms with Crippen LogP contribution in [0.3, 0.4) is 0 Å². The molecule has 5 rings (SSSR count). The summed E-state index contributed by atoms with van der Waals surface area (Å²) in [4.78, 5) is 11.6. The molecule has 0 bridgehead atoms. The number of hydrogen-bond acceptors (Lipinski definition) is 6. The highest BCUT2D eigenvalue weighted by Crippen LogP contribution is 2.42. The summed E-state index contributed by atoms with van der Waals surface area (Å²) in [5, 5.41) is 12.8. The molecule has 0 amide bonds. The van der Waals surface area contributed by atoms with E-state index in [9.17, 15) is 18.3 Å². The summed E-state index contributed by atoms with van der Waals surface area (Å²) >= 11 is 0. The first-order valence-electron chi connectivity index (χ1n) is 12.0. The second-order valence-electron chi connectivity index (χ2n) is 9.80. The van der Waals surface area contributed by atoms with Gasteiger partial charge in [-0.3, -0.25) is 0 Å². The van der Waals surface area contributed by atoms with Crippen molar-refractivity contribution in [2.24, 2.45) is 0 Å². The fourth-order valence-electron chi connectivity index (χ4n) is 5.49. The van der Waals surface area contributed by atoms with Crippen LogP contribution in [0.4, 0.5) is 36.3 Å². The Balaban J connectivity index is 1.55. The molecule has 1 aromatic heterocycles. The minimum atomic E-state index is -1.01. The number of quaternary nitrogens is 1. The number of hydrogen-bond donors (Lipinski definition) is 2. The molecular weight excluding hydrogens is 461 g/mol. The maximum atomic E-state index is 14.6. The lowest BCUT2D eigenvalue weighted by molar-refractivity contribution is -0.403. The Bertz CT molecular complexity index is 1140. The van der Waals surface area contributed by atoms with E-state index in [0.717, 1.165) is 32.1 Å². The van der Waals surface area contributed by atoms with Gasteiger partial charge in [0, 0.05) is 31.6 Å². The van der Waals surface area contributed by atoms with E-state index >= 15 is 0 Å². The molecule has 2 fully saturated rings. The normalized spacial score (nSPS) is 28.4. The number of nitrogens with zero attached hydrogens (tertiary/aromatic N) is 5. The van der Waals surface area contributed by atoms with Crippen molar-refractivity contribution in [3.63, 3.8) is 0 Å². The largest absolute Gasteiger partial charge is 0.461 e. The van der Waals surface area contributed by atoms with Gasteiger partial charge in [-0.05, 0) is 25.7 Å². The fourth-order valence-corrected chi connectivity index (χ4v) is 5.49. The Hall–Kier alpha value is -2.76. The number of halogens is 3. The zero-order chi connectivity index (χ0) is 24.9. The standard InChI is InChI=1S/C24H30F3N6O2/c1-31(15-4-6-17(34)7-5-15)23-28-12-20-22(30-23)33(3,16-8-9-35-13-16)24(32(20)2)29-21-18(26)10-14(25)11-19(21)27/h10-12,15-17,34H,4-9,13H2,1-3H3/q+1/p+1. The summed E-state index contributed by atoms with van der Waals surface area (Å²) < 4.78 is 50.3. The van der Waals surface area contributed by atoms with Gasteiger partial charge in [0.05, 0.1) is 39.6 Å². The van der Waals surface area contributed by atoms with Gasteiger partial charge in [-0.15, -0.1) is 0 Å². The molecule has 2 aromatic rings. The number of anilines is 2. The highest BCUT2D eigenvalue weighted by atomic mass is 19.1. The van der Waals surface area contributed by atoms with Crippen molar-refractivity contribution >= 4 is 29.1 Å². The highest BCUT2D eigenvalue weighted by molar-refractivity contribution is 6.02. The summed E-state index contributed by atoms with van der Waals surface area (Å²) in [6.07, 6.45) is 5.39. The first-order chi connectivity index (χ1) is 16.7. The maximum Gasteiger partial charge on any atom is 0.461 e. The summed E-state index contributed by atoms with van der Waals surface area (Å²) in [6, 6.07) is 1.48. The van der Waals surface area contributed by atoms with E-state index in [1.54, 1.807) is 17.8 Å². The Kier molecular flexibility index (Phi) is 6.18. The number of aliphatic hydroxyl groups excluding tert-OH is 1. The Morgan fingerprint density at radius 3 is 2.46 bits per heavy atom. The number of fused-ring (bicyclic) bond motifs is 1. The van der Waals surface area contributed by atoms with Gasteiger partial charge >= 0.3 is 5.96 Å². The average molecular weight is 493 g/mol. The van der Waals surface area contributed by atoms with Crippen LogP contribution in [0.25, 0.3) is 0 Å². The summed E-state index contributed by atoms with van der Waals surface area (Å²) in [6.45, 7) is 1.03. The number of benzene rings is 1. The Morgan fingerprint density at radius 1 is 1.14 bits per heavy atom. The number of likely N-dealkylation sites (N-methyl/N-ethyl adjacent to an activating group) is 1. The van der Waals surface area contributed by atoms with Gasteiger partial charge in [-0.1, -0.05) is 0 Å². The second kappa shape index (κ2) is 9.03. The molecule has 2 unspecified atom stereocenters. The first-order valence-corrected chi connectivity index (χ1v) is 12.0. The molecule has 1 aliphatic carbocycles. The van der Waals surface area contributed by atoms with Crippen molar-refractivity contribution in [2.45, 2.75) is 50.3 Å². The van der Waals surface area contributed by atoms with E-state index in [-0.39, 0.29) is 22.7 Å². The first kappa shape index (κ1) is 24.0. The lowest BCUT2D eigenvalue weighted by Gasteiger charge is -2.34. The summed E-state index contributed by atoms with van der Waals surface area (Å²) in [7, 11) is 5.68. The van der Waals surface area contributed by atoms with Crippen LogP contribution in [0.15, 0.2) is 18.3 Å². The molecule has 188 valence electrons. The van der Waals surface area contributed by atoms with Crippen LogP contribution in [0.2, 0.25) is 0 Å². The van der Waals surface area contributed by atoms with E-state index in [1.807, 2.05) is 19.0 Å². The third-order valence-electron chi connectivity index (χ3n) is 7.71. The van der Waals surface area contributed by atoms with E-state index in [0.29, 0.717) is 48.8 Å². The van der Waals surface area contributed by atoms with Gasteiger partial charge in [0.25, 0.3) is 5.82 Å². The molecule has 2 atom stereocenters. The number of aromatic nitrogens is 2. The van der Waals surface area contributed by atoms with Crippen LogP contribution in [0, 0.1) is 17.5 Å². The smallest absolute Gasteiger partial charge is 0.393 e. The lowest BCUT2D eigenvalue weighted by atomic mass is 9.92. The van der Waals surface area contributed by atoms with Gasteiger partial charge in [-0.2, -0.15) is 19.4 Å². The zero-order valence-electron chi connectivity index (χ0n) is 20.1. The Morgan fingerprint density at radius 2 is 1.83 bits per heavy atom. The number of rotatable bonds is 4. The topological polar surface area (TPSA) is 73.5 Å². The lowest BCUT2D eigenvalue weighted by Crippen LogP contribution is -2.61. The number of nitrogens with one attached hydrogen (secondary N) is 1. The van der Waals surface area contributed by atoms with E-state index in [1.165, 1.54) is 0 Å². The SMILES string of the molecule is CN(c1ncc2c(n1)[N+](C)(C1CCOC1)C(Nc1c(F)cc(F)cc1F)=[N+]2C)C1CCC(O)CC1. The molecule has 3 heterocycles. The molecule has 1 aromatic carbocycles. The van der Waals surface area contributed by atoms with Crippen molar-refractivity contribution < 1.29 is 27.6 Å². The molecule has 2 N–H and O–H groups in total. The van der Waals surface area contributed by atoms with E-state index in [2.05, 4.69) is 10.3 Å². The molecule has 0 spiro atoms. The molecule has 11 heteroatoms. The van der Waals surface area contributed by atoms with E-state index < -0.39 is 23.1 Å². The molecule has 35 heavy (non-hydrogen) atoms. The van der Waals surface area contributed by atoms with Crippen molar-refractivity contribution in [1.82, 2.24) is 14.5 Å². The molecule has 8 nitrogen and oxygen atoms in total. The molecule has 1 saturated heterocycles. The van der Waals surface area contributed by atoms with Crippen LogP contribution >= 0.6 is 0 Å². The zero-order valence-corrected chi connectivity index (χ0v) is 20.1. The predicted octanol–water partition coefficient (Wildman–Crippen LogP) is 3.12. The van der Waals surface area contributed by atoms with Crippen molar-refractivity contribution in [1.29, 1.82) is 0 Å². The van der Waals surface area contributed by atoms with Crippen molar-refractivity contribution in [3.8, 4) is 0 Å². The molecule has 3 aliphatic rings. The predicted molar refractivity (Wildman–Crippen MR) is 126 cm³/mol. The maximum absolute atomic E-state index is 14.6.